The number of hydrogen-bond acceptors (Lipinski definition) is 6. The number of aromatic nitrogens is 2. The van der Waals surface area contributed by atoms with Crippen molar-refractivity contribution in [2.75, 3.05) is 16.3 Å². The molecule has 140 valence electrons. The Balaban J connectivity index is 1.78. The number of carbonyl (C=O) groups is 1. The van der Waals surface area contributed by atoms with E-state index in [9.17, 15) is 13.2 Å². The van der Waals surface area contributed by atoms with Crippen LogP contribution in [0.4, 0.5) is 10.8 Å². The van der Waals surface area contributed by atoms with Crippen molar-refractivity contribution in [1.82, 2.24) is 10.2 Å². The van der Waals surface area contributed by atoms with E-state index >= 15 is 0 Å². The molecule has 0 aliphatic heterocycles. The third-order valence-corrected chi connectivity index (χ3v) is 5.26. The lowest BCUT2D eigenvalue weighted by Crippen LogP contribution is -2.14. The Kier molecular flexibility index (Phi) is 5.45. The first-order valence-electron chi connectivity index (χ1n) is 7.70. The van der Waals surface area contributed by atoms with Gasteiger partial charge in [0.2, 0.25) is 15.2 Å². The van der Waals surface area contributed by atoms with Crippen LogP contribution in [0.25, 0.3) is 10.6 Å². The van der Waals surface area contributed by atoms with Crippen LogP contribution in [0.3, 0.4) is 0 Å². The van der Waals surface area contributed by atoms with Gasteiger partial charge in [0.05, 0.1) is 11.9 Å². The SMILES string of the molecule is Cc1ccc(C(=O)Nc2nnc(-c3ccc(Cl)cc3)s2)cc1NS(C)(=O)=O. The van der Waals surface area contributed by atoms with Crippen LogP contribution in [-0.2, 0) is 10.0 Å². The van der Waals surface area contributed by atoms with Crippen LogP contribution in [0.2, 0.25) is 5.02 Å². The average Bonchev–Trinajstić information content (AvgIpc) is 3.04. The van der Waals surface area contributed by atoms with Crippen molar-refractivity contribution >= 4 is 49.7 Å². The molecule has 0 aliphatic carbocycles. The van der Waals surface area contributed by atoms with E-state index in [0.29, 0.717) is 32.0 Å². The molecule has 0 unspecified atom stereocenters. The van der Waals surface area contributed by atoms with Gasteiger partial charge in [-0.3, -0.25) is 14.8 Å². The molecule has 0 atom stereocenters. The number of hydrogen-bond donors (Lipinski definition) is 2. The molecule has 0 radical (unpaired) electrons. The van der Waals surface area contributed by atoms with E-state index in [1.54, 1.807) is 31.2 Å². The highest BCUT2D eigenvalue weighted by atomic mass is 35.5. The van der Waals surface area contributed by atoms with E-state index in [1.165, 1.54) is 17.4 Å². The first kappa shape index (κ1) is 19.3. The monoisotopic (exact) mass is 422 g/mol. The van der Waals surface area contributed by atoms with Crippen molar-refractivity contribution in [3.05, 3.63) is 58.6 Å². The van der Waals surface area contributed by atoms with E-state index < -0.39 is 15.9 Å². The molecular weight excluding hydrogens is 408 g/mol. The highest BCUT2D eigenvalue weighted by Gasteiger charge is 2.14. The summed E-state index contributed by atoms with van der Waals surface area (Å²) in [6.45, 7) is 1.75. The van der Waals surface area contributed by atoms with Crippen LogP contribution < -0.4 is 10.0 Å². The van der Waals surface area contributed by atoms with Crippen LogP contribution >= 0.6 is 22.9 Å². The van der Waals surface area contributed by atoms with Crippen molar-refractivity contribution < 1.29 is 13.2 Å². The van der Waals surface area contributed by atoms with Crippen LogP contribution in [0.1, 0.15) is 15.9 Å². The fourth-order valence-electron chi connectivity index (χ4n) is 2.23. The van der Waals surface area contributed by atoms with Crippen molar-refractivity contribution in [3.63, 3.8) is 0 Å². The summed E-state index contributed by atoms with van der Waals surface area (Å²) < 4.78 is 25.3. The van der Waals surface area contributed by atoms with Gasteiger partial charge in [0.25, 0.3) is 5.91 Å². The zero-order valence-corrected chi connectivity index (χ0v) is 16.7. The summed E-state index contributed by atoms with van der Waals surface area (Å²) in [5.41, 5.74) is 2.20. The van der Waals surface area contributed by atoms with Gasteiger partial charge < -0.3 is 0 Å². The summed E-state index contributed by atoms with van der Waals surface area (Å²) in [5, 5.41) is 12.3. The van der Waals surface area contributed by atoms with Gasteiger partial charge in [0, 0.05) is 16.1 Å². The minimum absolute atomic E-state index is 0.301. The molecule has 0 saturated heterocycles. The Morgan fingerprint density at radius 1 is 1.11 bits per heavy atom. The molecule has 0 bridgehead atoms. The zero-order chi connectivity index (χ0) is 19.6. The van der Waals surface area contributed by atoms with Crippen LogP contribution in [0.15, 0.2) is 42.5 Å². The third-order valence-electron chi connectivity index (χ3n) is 3.53. The molecule has 0 fully saturated rings. The fraction of sp³-hybridized carbons (Fsp3) is 0.118. The number of sulfonamides is 1. The van der Waals surface area contributed by atoms with Gasteiger partial charge in [-0.05, 0) is 36.8 Å². The molecule has 2 N–H and O–H groups in total. The number of nitrogens with one attached hydrogen (secondary N) is 2. The Morgan fingerprint density at radius 3 is 2.48 bits per heavy atom. The second-order valence-corrected chi connectivity index (χ2v) is 8.94. The number of benzene rings is 2. The van der Waals surface area contributed by atoms with Gasteiger partial charge in [0.1, 0.15) is 5.01 Å². The van der Waals surface area contributed by atoms with Crippen molar-refractivity contribution in [3.8, 4) is 10.6 Å². The van der Waals surface area contributed by atoms with Gasteiger partial charge in [-0.2, -0.15) is 0 Å². The number of aryl methyl sites for hydroxylation is 1. The smallest absolute Gasteiger partial charge is 0.257 e. The number of halogens is 1. The molecule has 2 aromatic carbocycles. The van der Waals surface area contributed by atoms with Gasteiger partial charge >= 0.3 is 0 Å². The molecule has 0 spiro atoms. The lowest BCUT2D eigenvalue weighted by molar-refractivity contribution is 0.102. The average molecular weight is 423 g/mol. The molecule has 3 rings (SSSR count). The minimum Gasteiger partial charge on any atom is -0.296 e. The summed E-state index contributed by atoms with van der Waals surface area (Å²) in [7, 11) is -3.44. The summed E-state index contributed by atoms with van der Waals surface area (Å²) in [5.74, 6) is -0.412. The number of nitrogens with zero attached hydrogens (tertiary/aromatic N) is 2. The second-order valence-electron chi connectivity index (χ2n) is 5.78. The third kappa shape index (κ3) is 5.03. The number of carbonyl (C=O) groups excluding carboxylic acids is 1. The second kappa shape index (κ2) is 7.63. The normalized spacial score (nSPS) is 11.2. The number of anilines is 2. The molecule has 0 saturated carbocycles. The Bertz CT molecular complexity index is 1100. The number of rotatable bonds is 5. The summed E-state index contributed by atoms with van der Waals surface area (Å²) in [6, 6.07) is 11.9. The quantitative estimate of drug-likeness (QED) is 0.651. The van der Waals surface area contributed by atoms with Crippen LogP contribution in [0, 0.1) is 6.92 Å². The van der Waals surface area contributed by atoms with E-state index in [1.807, 2.05) is 12.1 Å². The van der Waals surface area contributed by atoms with Crippen molar-refractivity contribution in [2.24, 2.45) is 0 Å². The Hall–Kier alpha value is -2.49. The van der Waals surface area contributed by atoms with Gasteiger partial charge in [-0.15, -0.1) is 10.2 Å². The lowest BCUT2D eigenvalue weighted by Gasteiger charge is -2.09. The molecule has 10 heteroatoms. The Morgan fingerprint density at radius 2 is 1.81 bits per heavy atom. The maximum absolute atomic E-state index is 12.5. The van der Waals surface area contributed by atoms with Gasteiger partial charge in [-0.25, -0.2) is 8.42 Å². The molecule has 0 aliphatic rings. The molecule has 1 heterocycles. The largest absolute Gasteiger partial charge is 0.296 e. The molecule has 1 aromatic heterocycles. The maximum Gasteiger partial charge on any atom is 0.257 e. The maximum atomic E-state index is 12.5. The summed E-state index contributed by atoms with van der Waals surface area (Å²) in [4.78, 5) is 12.5. The standard InChI is InChI=1S/C17H15ClN4O3S2/c1-10-3-4-12(9-14(10)22-27(2,24)25)15(23)19-17-21-20-16(26-17)11-5-7-13(18)8-6-11/h3-9,22H,1-2H3,(H,19,21,23). The molecule has 27 heavy (non-hydrogen) atoms. The number of amides is 1. The van der Waals surface area contributed by atoms with Crippen molar-refractivity contribution in [2.45, 2.75) is 6.92 Å². The zero-order valence-electron chi connectivity index (χ0n) is 14.4. The molecule has 1 amide bonds. The lowest BCUT2D eigenvalue weighted by atomic mass is 10.1. The van der Waals surface area contributed by atoms with E-state index in [-0.39, 0.29) is 0 Å². The summed E-state index contributed by atoms with van der Waals surface area (Å²) >= 11 is 7.10. The minimum atomic E-state index is -3.44. The fourth-order valence-corrected chi connectivity index (χ4v) is 3.71. The summed E-state index contributed by atoms with van der Waals surface area (Å²) in [6.07, 6.45) is 1.05. The van der Waals surface area contributed by atoms with E-state index in [0.717, 1.165) is 11.8 Å². The van der Waals surface area contributed by atoms with E-state index in [4.69, 9.17) is 11.6 Å². The molecular formula is C17H15ClN4O3S2. The first-order valence-corrected chi connectivity index (χ1v) is 10.8. The Labute approximate surface area is 165 Å². The van der Waals surface area contributed by atoms with Crippen LogP contribution in [-0.4, -0.2) is 30.8 Å². The molecule has 3 aromatic rings. The highest BCUT2D eigenvalue weighted by Crippen LogP contribution is 2.28. The molecule has 7 nitrogen and oxygen atoms in total. The van der Waals surface area contributed by atoms with Crippen molar-refractivity contribution in [1.29, 1.82) is 0 Å². The van der Waals surface area contributed by atoms with Gasteiger partial charge in [0.15, 0.2) is 0 Å². The van der Waals surface area contributed by atoms with E-state index in [2.05, 4.69) is 20.2 Å². The predicted octanol–water partition coefficient (Wildman–Crippen LogP) is 3.79. The first-order chi connectivity index (χ1) is 12.7. The van der Waals surface area contributed by atoms with Gasteiger partial charge in [-0.1, -0.05) is 41.1 Å². The highest BCUT2D eigenvalue weighted by molar-refractivity contribution is 7.92. The predicted molar refractivity (Wildman–Crippen MR) is 108 cm³/mol. The van der Waals surface area contributed by atoms with Crippen LogP contribution in [0.5, 0.6) is 0 Å². The topological polar surface area (TPSA) is 101 Å².